The van der Waals surface area contributed by atoms with Gasteiger partial charge in [0.15, 0.2) is 16.5 Å². The summed E-state index contributed by atoms with van der Waals surface area (Å²) in [4.78, 5) is 18.2. The SMILES string of the molecule is COc1ccc(-c2cn3c(C(=O)Nc4ccc(OC)c(OC)c4)csc3n2)cc1. The number of nitrogens with zero attached hydrogens (tertiary/aromatic N) is 2. The van der Waals surface area contributed by atoms with Crippen LogP contribution in [0.3, 0.4) is 0 Å². The van der Waals surface area contributed by atoms with Crippen molar-refractivity contribution in [3.63, 3.8) is 0 Å². The number of rotatable bonds is 6. The summed E-state index contributed by atoms with van der Waals surface area (Å²) in [5.41, 5.74) is 2.86. The molecule has 0 radical (unpaired) electrons. The van der Waals surface area contributed by atoms with Crippen molar-refractivity contribution in [2.45, 2.75) is 0 Å². The van der Waals surface area contributed by atoms with Gasteiger partial charge in [-0.15, -0.1) is 11.3 Å². The van der Waals surface area contributed by atoms with Gasteiger partial charge in [0.2, 0.25) is 0 Å². The molecule has 2 aromatic heterocycles. The molecule has 2 aromatic carbocycles. The minimum atomic E-state index is -0.234. The normalized spacial score (nSPS) is 10.7. The topological polar surface area (TPSA) is 74.1 Å². The average Bonchev–Trinajstić information content (AvgIpc) is 3.34. The third kappa shape index (κ3) is 3.62. The number of hydrogen-bond acceptors (Lipinski definition) is 6. The van der Waals surface area contributed by atoms with Gasteiger partial charge in [0.1, 0.15) is 11.4 Å². The molecular formula is C21H19N3O4S. The van der Waals surface area contributed by atoms with Gasteiger partial charge in [0.25, 0.3) is 5.91 Å². The van der Waals surface area contributed by atoms with Crippen molar-refractivity contribution in [1.29, 1.82) is 0 Å². The van der Waals surface area contributed by atoms with E-state index in [0.29, 0.717) is 22.9 Å². The van der Waals surface area contributed by atoms with Crippen LogP contribution in [0.2, 0.25) is 0 Å². The number of anilines is 1. The molecule has 8 heteroatoms. The van der Waals surface area contributed by atoms with Crippen molar-refractivity contribution < 1.29 is 19.0 Å². The fourth-order valence-electron chi connectivity index (χ4n) is 2.96. The summed E-state index contributed by atoms with van der Waals surface area (Å²) in [6.07, 6.45) is 1.86. The third-order valence-electron chi connectivity index (χ3n) is 4.47. The molecule has 0 saturated carbocycles. The highest BCUT2D eigenvalue weighted by Crippen LogP contribution is 2.30. The van der Waals surface area contributed by atoms with E-state index in [1.54, 1.807) is 49.3 Å². The van der Waals surface area contributed by atoms with Crippen LogP contribution in [0.5, 0.6) is 17.2 Å². The molecule has 4 aromatic rings. The minimum Gasteiger partial charge on any atom is -0.497 e. The fourth-order valence-corrected chi connectivity index (χ4v) is 3.81. The van der Waals surface area contributed by atoms with Gasteiger partial charge < -0.3 is 19.5 Å². The zero-order chi connectivity index (χ0) is 20.4. The van der Waals surface area contributed by atoms with E-state index in [0.717, 1.165) is 22.0 Å². The number of methoxy groups -OCH3 is 3. The number of carbonyl (C=O) groups excluding carboxylic acids is 1. The molecule has 2 heterocycles. The molecule has 0 atom stereocenters. The molecule has 7 nitrogen and oxygen atoms in total. The number of ether oxygens (including phenoxy) is 3. The predicted octanol–water partition coefficient (Wildman–Crippen LogP) is 4.34. The van der Waals surface area contributed by atoms with Crippen LogP contribution in [0.1, 0.15) is 10.5 Å². The van der Waals surface area contributed by atoms with Crippen LogP contribution in [-0.2, 0) is 0 Å². The number of carbonyl (C=O) groups is 1. The summed E-state index contributed by atoms with van der Waals surface area (Å²) >= 11 is 1.41. The lowest BCUT2D eigenvalue weighted by molar-refractivity contribution is 0.102. The summed E-state index contributed by atoms with van der Waals surface area (Å²) in [6.45, 7) is 0. The van der Waals surface area contributed by atoms with Crippen LogP contribution in [0.4, 0.5) is 5.69 Å². The number of fused-ring (bicyclic) bond motifs is 1. The van der Waals surface area contributed by atoms with Gasteiger partial charge in [0.05, 0.1) is 27.0 Å². The highest BCUT2D eigenvalue weighted by Gasteiger charge is 2.16. The molecule has 1 amide bonds. The Hall–Kier alpha value is -3.52. The number of imidazole rings is 1. The Morgan fingerprint density at radius 2 is 1.76 bits per heavy atom. The molecule has 0 saturated heterocycles. The van der Waals surface area contributed by atoms with Crippen LogP contribution in [0.25, 0.3) is 16.2 Å². The first kappa shape index (κ1) is 18.8. The largest absolute Gasteiger partial charge is 0.497 e. The average molecular weight is 409 g/mol. The Balaban J connectivity index is 1.60. The van der Waals surface area contributed by atoms with E-state index in [9.17, 15) is 4.79 Å². The predicted molar refractivity (Wildman–Crippen MR) is 113 cm³/mol. The van der Waals surface area contributed by atoms with E-state index < -0.39 is 0 Å². The standard InChI is InChI=1S/C21H19N3O4S/c1-26-15-7-4-13(5-8-15)16-11-24-17(12-29-21(24)23-16)20(25)22-14-6-9-18(27-2)19(10-14)28-3/h4-12H,1-3H3,(H,22,25). The molecule has 0 aliphatic carbocycles. The molecule has 0 fully saturated rings. The molecule has 1 N–H and O–H groups in total. The smallest absolute Gasteiger partial charge is 0.273 e. The maximum atomic E-state index is 12.8. The molecule has 29 heavy (non-hydrogen) atoms. The summed E-state index contributed by atoms with van der Waals surface area (Å²) in [5.74, 6) is 1.69. The van der Waals surface area contributed by atoms with Crippen LogP contribution >= 0.6 is 11.3 Å². The van der Waals surface area contributed by atoms with E-state index in [-0.39, 0.29) is 5.91 Å². The lowest BCUT2D eigenvalue weighted by atomic mass is 10.2. The third-order valence-corrected chi connectivity index (χ3v) is 5.31. The van der Waals surface area contributed by atoms with Gasteiger partial charge in [-0.1, -0.05) is 0 Å². The maximum Gasteiger partial charge on any atom is 0.273 e. The number of amides is 1. The molecule has 0 spiro atoms. The Morgan fingerprint density at radius 3 is 2.45 bits per heavy atom. The molecule has 0 aliphatic heterocycles. The zero-order valence-corrected chi connectivity index (χ0v) is 16.9. The molecule has 148 valence electrons. The number of thiazole rings is 1. The second-order valence-electron chi connectivity index (χ2n) is 6.15. The van der Waals surface area contributed by atoms with Crippen molar-refractivity contribution in [2.75, 3.05) is 26.6 Å². The molecular weight excluding hydrogens is 390 g/mol. The Bertz CT molecular complexity index is 1160. The van der Waals surface area contributed by atoms with E-state index in [4.69, 9.17) is 14.2 Å². The number of hydrogen-bond donors (Lipinski definition) is 1. The van der Waals surface area contributed by atoms with Crippen LogP contribution in [0.15, 0.2) is 54.0 Å². The number of benzene rings is 2. The monoisotopic (exact) mass is 409 g/mol. The van der Waals surface area contributed by atoms with Crippen molar-refractivity contribution in [3.8, 4) is 28.5 Å². The maximum absolute atomic E-state index is 12.8. The Labute approximate surface area is 171 Å². The molecule has 0 unspecified atom stereocenters. The first-order valence-corrected chi connectivity index (χ1v) is 9.65. The highest BCUT2D eigenvalue weighted by atomic mass is 32.1. The second-order valence-corrected chi connectivity index (χ2v) is 6.99. The zero-order valence-electron chi connectivity index (χ0n) is 16.1. The van der Waals surface area contributed by atoms with E-state index in [2.05, 4.69) is 10.3 Å². The van der Waals surface area contributed by atoms with Crippen LogP contribution in [-0.4, -0.2) is 36.6 Å². The van der Waals surface area contributed by atoms with Crippen LogP contribution < -0.4 is 19.5 Å². The number of aromatic nitrogens is 2. The highest BCUT2D eigenvalue weighted by molar-refractivity contribution is 7.15. The van der Waals surface area contributed by atoms with Crippen molar-refractivity contribution in [1.82, 2.24) is 9.38 Å². The number of nitrogens with one attached hydrogen (secondary N) is 1. The summed E-state index contributed by atoms with van der Waals surface area (Å²) in [6, 6.07) is 12.9. The van der Waals surface area contributed by atoms with Gasteiger partial charge in [-0.3, -0.25) is 9.20 Å². The van der Waals surface area contributed by atoms with E-state index in [1.165, 1.54) is 11.3 Å². The first-order chi connectivity index (χ1) is 14.1. The lowest BCUT2D eigenvalue weighted by Gasteiger charge is -2.10. The van der Waals surface area contributed by atoms with Gasteiger partial charge in [-0.05, 0) is 36.4 Å². The van der Waals surface area contributed by atoms with Crippen LogP contribution in [0, 0.1) is 0 Å². The molecule has 0 aliphatic rings. The minimum absolute atomic E-state index is 0.234. The summed E-state index contributed by atoms with van der Waals surface area (Å²) < 4.78 is 17.5. The van der Waals surface area contributed by atoms with E-state index in [1.807, 2.05) is 30.5 Å². The van der Waals surface area contributed by atoms with Crippen molar-refractivity contribution >= 4 is 27.9 Å². The molecule has 4 rings (SSSR count). The summed E-state index contributed by atoms with van der Waals surface area (Å²) in [5, 5.41) is 4.68. The summed E-state index contributed by atoms with van der Waals surface area (Å²) in [7, 11) is 4.75. The van der Waals surface area contributed by atoms with Gasteiger partial charge in [-0.25, -0.2) is 4.98 Å². The van der Waals surface area contributed by atoms with Crippen molar-refractivity contribution in [2.24, 2.45) is 0 Å². The quantitative estimate of drug-likeness (QED) is 0.513. The van der Waals surface area contributed by atoms with Gasteiger partial charge >= 0.3 is 0 Å². The Kier molecular flexibility index (Phi) is 5.09. The van der Waals surface area contributed by atoms with Crippen molar-refractivity contribution in [3.05, 3.63) is 59.7 Å². The first-order valence-electron chi connectivity index (χ1n) is 8.77. The van der Waals surface area contributed by atoms with Gasteiger partial charge in [-0.2, -0.15) is 0 Å². The lowest BCUT2D eigenvalue weighted by Crippen LogP contribution is -2.14. The van der Waals surface area contributed by atoms with E-state index >= 15 is 0 Å². The Morgan fingerprint density at radius 1 is 1.00 bits per heavy atom. The molecule has 0 bridgehead atoms. The second kappa shape index (κ2) is 7.84. The fraction of sp³-hybridized carbons (Fsp3) is 0.143. The van der Waals surface area contributed by atoms with Gasteiger partial charge in [0, 0.05) is 28.9 Å².